The van der Waals surface area contributed by atoms with E-state index in [2.05, 4.69) is 22.2 Å². The average molecular weight is 295 g/mol. The van der Waals surface area contributed by atoms with Gasteiger partial charge in [0.1, 0.15) is 6.54 Å². The molecule has 0 aromatic rings. The minimum absolute atomic E-state index is 0.0642. The molecule has 0 spiro atoms. The molecule has 1 aliphatic rings. The minimum atomic E-state index is -0.0642. The number of hydrogen-bond acceptors (Lipinski definition) is 3. The molecular weight excluding hydrogens is 270 g/mol. The number of rotatable bonds is 5. The Morgan fingerprint density at radius 3 is 2.86 bits per heavy atom. The second-order valence-electron chi connectivity index (χ2n) is 5.28. The van der Waals surface area contributed by atoms with Gasteiger partial charge in [0.15, 0.2) is 5.96 Å². The molecule has 1 aliphatic heterocycles. The molecule has 21 heavy (non-hydrogen) atoms. The average Bonchev–Trinajstić information content (AvgIpc) is 2.45. The maximum atomic E-state index is 11.6. The molecule has 7 heteroatoms. The van der Waals surface area contributed by atoms with Gasteiger partial charge < -0.3 is 20.4 Å². The zero-order valence-corrected chi connectivity index (χ0v) is 13.1. The van der Waals surface area contributed by atoms with Crippen molar-refractivity contribution in [3.63, 3.8) is 0 Å². The van der Waals surface area contributed by atoms with Crippen LogP contribution in [0.5, 0.6) is 0 Å². The van der Waals surface area contributed by atoms with Gasteiger partial charge in [0.2, 0.25) is 11.8 Å². The summed E-state index contributed by atoms with van der Waals surface area (Å²) in [7, 11) is 5.19. The molecule has 0 aliphatic carbocycles. The highest BCUT2D eigenvalue weighted by molar-refractivity contribution is 5.85. The van der Waals surface area contributed by atoms with Crippen molar-refractivity contribution in [3.8, 4) is 0 Å². The number of nitrogens with one attached hydrogen (secondary N) is 2. The SMILES string of the molecule is C=CCNC(=NCC(=O)N(C)C)NC1CCC(=O)N(C)C1. The van der Waals surface area contributed by atoms with Crippen LogP contribution in [-0.4, -0.2) is 74.4 Å². The fraction of sp³-hybridized carbons (Fsp3) is 0.643. The minimum Gasteiger partial charge on any atom is -0.353 e. The largest absolute Gasteiger partial charge is 0.353 e. The molecule has 0 aromatic heterocycles. The Morgan fingerprint density at radius 2 is 2.29 bits per heavy atom. The van der Waals surface area contributed by atoms with Crippen LogP contribution in [0.2, 0.25) is 0 Å². The molecule has 1 saturated heterocycles. The van der Waals surface area contributed by atoms with Gasteiger partial charge in [-0.15, -0.1) is 6.58 Å². The van der Waals surface area contributed by atoms with E-state index in [0.29, 0.717) is 25.5 Å². The van der Waals surface area contributed by atoms with Crippen molar-refractivity contribution in [2.45, 2.75) is 18.9 Å². The fourth-order valence-corrected chi connectivity index (χ4v) is 1.93. The predicted octanol–water partition coefficient (Wildman–Crippen LogP) is -0.583. The van der Waals surface area contributed by atoms with Crippen molar-refractivity contribution in [1.82, 2.24) is 20.4 Å². The van der Waals surface area contributed by atoms with Gasteiger partial charge in [0.05, 0.1) is 0 Å². The van der Waals surface area contributed by atoms with E-state index in [1.807, 2.05) is 0 Å². The van der Waals surface area contributed by atoms with Gasteiger partial charge in [-0.1, -0.05) is 6.08 Å². The smallest absolute Gasteiger partial charge is 0.243 e. The number of likely N-dealkylation sites (tertiary alicyclic amines) is 1. The van der Waals surface area contributed by atoms with Crippen LogP contribution < -0.4 is 10.6 Å². The van der Waals surface area contributed by atoms with Crippen LogP contribution in [0.4, 0.5) is 0 Å². The third-order valence-electron chi connectivity index (χ3n) is 3.25. The second-order valence-corrected chi connectivity index (χ2v) is 5.28. The lowest BCUT2D eigenvalue weighted by Crippen LogP contribution is -2.52. The molecule has 2 N–H and O–H groups in total. The summed E-state index contributed by atoms with van der Waals surface area (Å²) in [6.45, 7) is 4.93. The van der Waals surface area contributed by atoms with E-state index >= 15 is 0 Å². The Balaban J connectivity index is 2.60. The van der Waals surface area contributed by atoms with E-state index in [1.54, 1.807) is 32.1 Å². The number of nitrogens with zero attached hydrogens (tertiary/aromatic N) is 3. The molecule has 1 atom stereocenters. The van der Waals surface area contributed by atoms with Crippen molar-refractivity contribution in [1.29, 1.82) is 0 Å². The number of likely N-dealkylation sites (N-methyl/N-ethyl adjacent to an activating group) is 2. The summed E-state index contributed by atoms with van der Waals surface area (Å²) in [5.74, 6) is 0.664. The standard InChI is InChI=1S/C14H25N5O2/c1-5-8-15-14(16-9-13(21)18(2)3)17-11-6-7-12(20)19(4)10-11/h5,11H,1,6-10H2,2-4H3,(H2,15,16,17). The third-order valence-corrected chi connectivity index (χ3v) is 3.25. The van der Waals surface area contributed by atoms with E-state index in [0.717, 1.165) is 6.42 Å². The first-order valence-electron chi connectivity index (χ1n) is 7.04. The van der Waals surface area contributed by atoms with Crippen LogP contribution in [0.3, 0.4) is 0 Å². The molecule has 1 rings (SSSR count). The number of carbonyl (C=O) groups excluding carboxylic acids is 2. The zero-order valence-electron chi connectivity index (χ0n) is 13.1. The molecule has 1 unspecified atom stereocenters. The van der Waals surface area contributed by atoms with Gasteiger partial charge in [0, 0.05) is 46.7 Å². The van der Waals surface area contributed by atoms with Crippen molar-refractivity contribution < 1.29 is 9.59 Å². The van der Waals surface area contributed by atoms with E-state index in [9.17, 15) is 9.59 Å². The summed E-state index contributed by atoms with van der Waals surface area (Å²) in [5, 5.41) is 6.35. The van der Waals surface area contributed by atoms with Crippen molar-refractivity contribution in [3.05, 3.63) is 12.7 Å². The summed E-state index contributed by atoms with van der Waals surface area (Å²) in [6, 6.07) is 0.137. The van der Waals surface area contributed by atoms with Crippen LogP contribution >= 0.6 is 0 Å². The predicted molar refractivity (Wildman–Crippen MR) is 83.0 cm³/mol. The number of amides is 2. The van der Waals surface area contributed by atoms with Gasteiger partial charge in [-0.25, -0.2) is 4.99 Å². The highest BCUT2D eigenvalue weighted by Crippen LogP contribution is 2.09. The van der Waals surface area contributed by atoms with Crippen LogP contribution in [0.15, 0.2) is 17.6 Å². The summed E-state index contributed by atoms with van der Waals surface area (Å²) in [5.41, 5.74) is 0. The van der Waals surface area contributed by atoms with Gasteiger partial charge in [-0.3, -0.25) is 9.59 Å². The van der Waals surface area contributed by atoms with Crippen molar-refractivity contribution in [2.75, 3.05) is 40.8 Å². The molecule has 2 amide bonds. The van der Waals surface area contributed by atoms with Gasteiger partial charge >= 0.3 is 0 Å². The molecule has 0 bridgehead atoms. The summed E-state index contributed by atoms with van der Waals surface area (Å²) in [4.78, 5) is 30.6. The number of piperidine rings is 1. The number of aliphatic imine (C=N–C) groups is 1. The Labute approximate surface area is 126 Å². The number of hydrogen-bond donors (Lipinski definition) is 2. The Kier molecular flexibility index (Phi) is 6.71. The molecule has 7 nitrogen and oxygen atoms in total. The van der Waals surface area contributed by atoms with Crippen molar-refractivity contribution in [2.24, 2.45) is 4.99 Å². The summed E-state index contributed by atoms with van der Waals surface area (Å²) < 4.78 is 0. The second kappa shape index (κ2) is 8.28. The van der Waals surface area contributed by atoms with E-state index < -0.39 is 0 Å². The van der Waals surface area contributed by atoms with Gasteiger partial charge in [-0.2, -0.15) is 0 Å². The molecule has 0 radical (unpaired) electrons. The quantitative estimate of drug-likeness (QED) is 0.404. The zero-order chi connectivity index (χ0) is 15.8. The summed E-state index contributed by atoms with van der Waals surface area (Å²) in [6.07, 6.45) is 3.01. The van der Waals surface area contributed by atoms with Crippen molar-refractivity contribution >= 4 is 17.8 Å². The first kappa shape index (κ1) is 17.0. The van der Waals surface area contributed by atoms with E-state index in [-0.39, 0.29) is 24.4 Å². The molecule has 118 valence electrons. The van der Waals surface area contributed by atoms with Crippen LogP contribution in [0.1, 0.15) is 12.8 Å². The Morgan fingerprint density at radius 1 is 1.57 bits per heavy atom. The monoisotopic (exact) mass is 295 g/mol. The fourth-order valence-electron chi connectivity index (χ4n) is 1.93. The highest BCUT2D eigenvalue weighted by Gasteiger charge is 2.23. The Hall–Kier alpha value is -2.05. The van der Waals surface area contributed by atoms with Crippen LogP contribution in [0, 0.1) is 0 Å². The lowest BCUT2D eigenvalue weighted by Gasteiger charge is -2.31. The van der Waals surface area contributed by atoms with E-state index in [1.165, 1.54) is 4.90 Å². The molecule has 0 saturated carbocycles. The number of guanidine groups is 1. The lowest BCUT2D eigenvalue weighted by molar-refractivity contribution is -0.132. The summed E-state index contributed by atoms with van der Waals surface area (Å²) >= 11 is 0. The maximum absolute atomic E-state index is 11.6. The first-order valence-corrected chi connectivity index (χ1v) is 7.04. The van der Waals surface area contributed by atoms with E-state index in [4.69, 9.17) is 0 Å². The highest BCUT2D eigenvalue weighted by atomic mass is 16.2. The maximum Gasteiger partial charge on any atom is 0.243 e. The Bertz CT molecular complexity index is 420. The molecule has 1 heterocycles. The molecular formula is C14H25N5O2. The van der Waals surface area contributed by atoms with Crippen LogP contribution in [0.25, 0.3) is 0 Å². The first-order chi connectivity index (χ1) is 9.93. The third kappa shape index (κ3) is 5.85. The van der Waals surface area contributed by atoms with Gasteiger partial charge in [-0.05, 0) is 6.42 Å². The normalized spacial score (nSPS) is 19.2. The van der Waals surface area contributed by atoms with Gasteiger partial charge in [0.25, 0.3) is 0 Å². The topological polar surface area (TPSA) is 77.0 Å². The lowest BCUT2D eigenvalue weighted by atomic mass is 10.1. The molecule has 1 fully saturated rings. The number of carbonyl (C=O) groups is 2. The molecule has 0 aromatic carbocycles. The van der Waals surface area contributed by atoms with Crippen LogP contribution in [-0.2, 0) is 9.59 Å².